The molecule has 174 valence electrons. The summed E-state index contributed by atoms with van der Waals surface area (Å²) in [6.45, 7) is 5.37. The maximum Gasteiger partial charge on any atom is 0.268 e. The Hall–Kier alpha value is -4.13. The molecule has 0 saturated heterocycles. The van der Waals surface area contributed by atoms with Crippen molar-refractivity contribution in [2.24, 2.45) is 0 Å². The summed E-state index contributed by atoms with van der Waals surface area (Å²) < 4.78 is 5.99. The van der Waals surface area contributed by atoms with Crippen LogP contribution in [0.1, 0.15) is 36.7 Å². The second-order valence-electron chi connectivity index (χ2n) is 8.63. The quantitative estimate of drug-likeness (QED) is 0.582. The van der Waals surface area contributed by atoms with Crippen LogP contribution in [0.2, 0.25) is 0 Å². The number of ether oxygens (including phenoxy) is 1. The van der Waals surface area contributed by atoms with Crippen molar-refractivity contribution < 1.29 is 19.1 Å². The van der Waals surface area contributed by atoms with Gasteiger partial charge in [-0.1, -0.05) is 54.6 Å². The van der Waals surface area contributed by atoms with Gasteiger partial charge in [-0.15, -0.1) is 0 Å². The van der Waals surface area contributed by atoms with Crippen molar-refractivity contribution in [2.45, 2.75) is 39.0 Å². The van der Waals surface area contributed by atoms with Crippen LogP contribution in [0, 0.1) is 0 Å². The molecule has 1 aliphatic heterocycles. The van der Waals surface area contributed by atoms with Crippen LogP contribution in [0.5, 0.6) is 5.75 Å². The van der Waals surface area contributed by atoms with Gasteiger partial charge < -0.3 is 15.4 Å². The number of carbonyl (C=O) groups excluding carboxylic acids is 3. The topological polar surface area (TPSA) is 87.7 Å². The first-order valence-electron chi connectivity index (χ1n) is 11.1. The number of amides is 3. The second-order valence-corrected chi connectivity index (χ2v) is 8.63. The fourth-order valence-corrected chi connectivity index (χ4v) is 3.90. The Bertz CT molecular complexity index is 1220. The van der Waals surface area contributed by atoms with Crippen LogP contribution in [0.15, 0.2) is 78.9 Å². The van der Waals surface area contributed by atoms with E-state index in [0.29, 0.717) is 29.2 Å². The van der Waals surface area contributed by atoms with Gasteiger partial charge >= 0.3 is 0 Å². The Morgan fingerprint density at radius 1 is 0.971 bits per heavy atom. The first-order chi connectivity index (χ1) is 16.3. The molecule has 3 aromatic rings. The van der Waals surface area contributed by atoms with Crippen molar-refractivity contribution in [3.05, 3.63) is 90.0 Å². The molecule has 3 amide bonds. The molecule has 3 aromatic carbocycles. The number of benzene rings is 3. The van der Waals surface area contributed by atoms with Crippen LogP contribution in [-0.4, -0.2) is 29.4 Å². The molecule has 0 bridgehead atoms. The molecule has 34 heavy (non-hydrogen) atoms. The predicted molar refractivity (Wildman–Crippen MR) is 131 cm³/mol. The third-order valence-corrected chi connectivity index (χ3v) is 5.81. The summed E-state index contributed by atoms with van der Waals surface area (Å²) in [5.74, 6) is -0.678. The number of rotatable bonds is 6. The fourth-order valence-electron chi connectivity index (χ4n) is 3.90. The van der Waals surface area contributed by atoms with Crippen LogP contribution in [-0.2, 0) is 16.1 Å². The van der Waals surface area contributed by atoms with Crippen molar-refractivity contribution in [3.63, 3.8) is 0 Å². The van der Waals surface area contributed by atoms with Gasteiger partial charge in [0.05, 0.1) is 16.9 Å². The van der Waals surface area contributed by atoms with Crippen LogP contribution in [0.25, 0.3) is 0 Å². The van der Waals surface area contributed by atoms with Gasteiger partial charge in [0.1, 0.15) is 11.3 Å². The minimum absolute atomic E-state index is 0.285. The molecule has 2 N–H and O–H groups in total. The largest absolute Gasteiger partial charge is 0.480 e. The lowest BCUT2D eigenvalue weighted by Gasteiger charge is -2.42. The van der Waals surface area contributed by atoms with E-state index < -0.39 is 11.6 Å². The molecule has 0 spiro atoms. The van der Waals surface area contributed by atoms with E-state index >= 15 is 0 Å². The Balaban J connectivity index is 1.54. The van der Waals surface area contributed by atoms with Gasteiger partial charge in [-0.25, -0.2) is 0 Å². The molecular formula is C27H27N3O4. The first kappa shape index (κ1) is 23.0. The van der Waals surface area contributed by atoms with Crippen molar-refractivity contribution >= 4 is 29.1 Å². The molecule has 0 fully saturated rings. The molecule has 1 heterocycles. The molecule has 0 saturated carbocycles. The van der Waals surface area contributed by atoms with E-state index in [2.05, 4.69) is 10.6 Å². The van der Waals surface area contributed by atoms with Gasteiger partial charge in [-0.3, -0.25) is 19.3 Å². The van der Waals surface area contributed by atoms with E-state index in [0.717, 1.165) is 5.56 Å². The summed E-state index contributed by atoms with van der Waals surface area (Å²) in [7, 11) is 0. The van der Waals surface area contributed by atoms with Gasteiger partial charge in [0.15, 0.2) is 6.10 Å². The Labute approximate surface area is 198 Å². The summed E-state index contributed by atoms with van der Waals surface area (Å²) in [5.41, 5.74) is 1.35. The zero-order chi connectivity index (χ0) is 24.3. The highest BCUT2D eigenvalue weighted by atomic mass is 16.5. The zero-order valence-corrected chi connectivity index (χ0v) is 19.4. The summed E-state index contributed by atoms with van der Waals surface area (Å²) >= 11 is 0. The van der Waals surface area contributed by atoms with Gasteiger partial charge in [0.25, 0.3) is 11.8 Å². The third-order valence-electron chi connectivity index (χ3n) is 5.81. The zero-order valence-electron chi connectivity index (χ0n) is 19.4. The molecule has 0 aromatic heterocycles. The maximum atomic E-state index is 13.5. The Morgan fingerprint density at radius 2 is 1.62 bits per heavy atom. The van der Waals surface area contributed by atoms with Crippen LogP contribution in [0.3, 0.4) is 0 Å². The second kappa shape index (κ2) is 9.39. The van der Waals surface area contributed by atoms with E-state index in [4.69, 9.17) is 4.74 Å². The smallest absolute Gasteiger partial charge is 0.268 e. The predicted octanol–water partition coefficient (Wildman–Crippen LogP) is 4.15. The molecule has 7 nitrogen and oxygen atoms in total. The monoisotopic (exact) mass is 457 g/mol. The van der Waals surface area contributed by atoms with Crippen molar-refractivity contribution in [1.29, 1.82) is 0 Å². The summed E-state index contributed by atoms with van der Waals surface area (Å²) in [5, 5.41) is 5.73. The van der Waals surface area contributed by atoms with E-state index in [1.165, 1.54) is 4.90 Å². The maximum absolute atomic E-state index is 13.5. The molecule has 7 heteroatoms. The summed E-state index contributed by atoms with van der Waals surface area (Å²) in [6, 6.07) is 23.5. The number of carbonyl (C=O) groups is 3. The molecule has 0 radical (unpaired) electrons. The highest BCUT2D eigenvalue weighted by molar-refractivity contribution is 6.15. The SMILES string of the molecule is C[C@H](Oc1ccccc1C(=O)NCc1ccccc1)C(=O)N1c2ccccc2NC(=O)C1(C)C. The summed E-state index contributed by atoms with van der Waals surface area (Å²) in [6.07, 6.45) is -0.943. The number of nitrogens with one attached hydrogen (secondary N) is 2. The highest BCUT2D eigenvalue weighted by Crippen LogP contribution is 2.37. The highest BCUT2D eigenvalue weighted by Gasteiger charge is 2.45. The van der Waals surface area contributed by atoms with E-state index in [1.54, 1.807) is 63.2 Å². The molecule has 1 aliphatic rings. The number of para-hydroxylation sites is 3. The van der Waals surface area contributed by atoms with Crippen LogP contribution < -0.4 is 20.3 Å². The third kappa shape index (κ3) is 4.50. The van der Waals surface area contributed by atoms with Gasteiger partial charge in [0, 0.05) is 6.54 Å². The number of fused-ring (bicyclic) bond motifs is 1. The standard InChI is InChI=1S/C27H27N3O4/c1-18(25(32)30-22-15-9-8-14-21(22)29-26(33)27(30,2)3)34-23-16-10-7-13-20(23)24(31)28-17-19-11-5-4-6-12-19/h4-16,18H,17H2,1-3H3,(H,28,31)(H,29,33)/t18-/m0/s1. The lowest BCUT2D eigenvalue weighted by Crippen LogP contribution is -2.60. The van der Waals surface area contributed by atoms with Gasteiger partial charge in [-0.2, -0.15) is 0 Å². The van der Waals surface area contributed by atoms with Crippen molar-refractivity contribution in [2.75, 3.05) is 10.2 Å². The van der Waals surface area contributed by atoms with E-state index in [1.807, 2.05) is 36.4 Å². The van der Waals surface area contributed by atoms with Crippen LogP contribution in [0.4, 0.5) is 11.4 Å². The number of hydrogen-bond donors (Lipinski definition) is 2. The first-order valence-corrected chi connectivity index (χ1v) is 11.1. The van der Waals surface area contributed by atoms with Gasteiger partial charge in [-0.05, 0) is 50.6 Å². The molecule has 1 atom stereocenters. The lowest BCUT2D eigenvalue weighted by molar-refractivity contribution is -0.130. The number of nitrogens with zero attached hydrogens (tertiary/aromatic N) is 1. The lowest BCUT2D eigenvalue weighted by atomic mass is 9.95. The molecule has 0 aliphatic carbocycles. The van der Waals surface area contributed by atoms with E-state index in [9.17, 15) is 14.4 Å². The molecule has 4 rings (SSSR count). The number of anilines is 2. The molecular weight excluding hydrogens is 430 g/mol. The fraction of sp³-hybridized carbons (Fsp3) is 0.222. The minimum atomic E-state index is -1.12. The average molecular weight is 458 g/mol. The van der Waals surface area contributed by atoms with Crippen molar-refractivity contribution in [3.8, 4) is 5.75 Å². The van der Waals surface area contributed by atoms with Crippen molar-refractivity contribution in [1.82, 2.24) is 5.32 Å². The van der Waals surface area contributed by atoms with Crippen LogP contribution >= 0.6 is 0 Å². The molecule has 0 unspecified atom stereocenters. The normalized spacial score (nSPS) is 15.0. The van der Waals surface area contributed by atoms with Gasteiger partial charge in [0.2, 0.25) is 5.91 Å². The Morgan fingerprint density at radius 3 is 2.38 bits per heavy atom. The summed E-state index contributed by atoms with van der Waals surface area (Å²) in [4.78, 5) is 40.6. The minimum Gasteiger partial charge on any atom is -0.480 e. The Kier molecular flexibility index (Phi) is 6.36. The number of hydrogen-bond acceptors (Lipinski definition) is 4. The average Bonchev–Trinajstić information content (AvgIpc) is 2.84. The van der Waals surface area contributed by atoms with E-state index in [-0.39, 0.29) is 17.7 Å².